The van der Waals surface area contributed by atoms with Crippen LogP contribution in [-0.4, -0.2) is 14.6 Å². The van der Waals surface area contributed by atoms with E-state index in [9.17, 15) is 0 Å². The first kappa shape index (κ1) is 12.8. The number of allylic oxidation sites excluding steroid dienone is 6. The Balaban J connectivity index is 1.80. The summed E-state index contributed by atoms with van der Waals surface area (Å²) in [4.78, 5) is 4.63. The lowest BCUT2D eigenvalue weighted by Gasteiger charge is -2.03. The molecule has 0 unspecified atom stereocenters. The van der Waals surface area contributed by atoms with E-state index < -0.39 is 0 Å². The first-order valence-corrected chi connectivity index (χ1v) is 7.34. The number of hydrogen-bond donors (Lipinski definition) is 0. The van der Waals surface area contributed by atoms with E-state index in [4.69, 9.17) is 0 Å². The molecule has 0 amide bonds. The topological polar surface area (TPSA) is 30.2 Å². The zero-order valence-corrected chi connectivity index (χ0v) is 12.1. The van der Waals surface area contributed by atoms with Gasteiger partial charge in [-0.1, -0.05) is 60.7 Å². The van der Waals surface area contributed by atoms with Gasteiger partial charge >= 0.3 is 0 Å². The number of fused-ring (bicyclic) bond motifs is 1. The molecule has 3 nitrogen and oxygen atoms in total. The highest BCUT2D eigenvalue weighted by molar-refractivity contribution is 5.82. The summed E-state index contributed by atoms with van der Waals surface area (Å²) in [7, 11) is 0. The van der Waals surface area contributed by atoms with E-state index in [1.807, 2.05) is 41.3 Å². The zero-order chi connectivity index (χ0) is 14.8. The maximum atomic E-state index is 4.63. The summed E-state index contributed by atoms with van der Waals surface area (Å²) < 4.78 is 1.85. The van der Waals surface area contributed by atoms with Crippen molar-refractivity contribution in [2.75, 3.05) is 0 Å². The molecule has 2 heterocycles. The smallest absolute Gasteiger partial charge is 0.162 e. The highest BCUT2D eigenvalue weighted by Crippen LogP contribution is 2.24. The Morgan fingerprint density at radius 3 is 2.77 bits per heavy atom. The molecule has 3 aromatic rings. The van der Waals surface area contributed by atoms with Crippen molar-refractivity contribution in [3.63, 3.8) is 0 Å². The van der Waals surface area contributed by atoms with Gasteiger partial charge in [-0.05, 0) is 17.6 Å². The molecule has 0 aliphatic heterocycles. The van der Waals surface area contributed by atoms with Gasteiger partial charge in [0.1, 0.15) is 0 Å². The number of hydrogen-bond acceptors (Lipinski definition) is 2. The van der Waals surface area contributed by atoms with Crippen LogP contribution in [0.5, 0.6) is 0 Å². The molecular weight excluding hydrogens is 270 g/mol. The molecule has 4 rings (SSSR count). The van der Waals surface area contributed by atoms with Crippen LogP contribution in [0.2, 0.25) is 0 Å². The van der Waals surface area contributed by atoms with Gasteiger partial charge in [0.05, 0.1) is 6.20 Å². The third-order valence-electron chi connectivity index (χ3n) is 3.77. The summed E-state index contributed by atoms with van der Waals surface area (Å²) in [6, 6.07) is 10.2. The van der Waals surface area contributed by atoms with Crippen molar-refractivity contribution in [1.82, 2.24) is 14.6 Å². The van der Waals surface area contributed by atoms with E-state index in [1.54, 1.807) is 0 Å². The Morgan fingerprint density at radius 1 is 0.955 bits per heavy atom. The average Bonchev–Trinajstić information content (AvgIpc) is 2.81. The Kier molecular flexibility index (Phi) is 3.16. The number of benzene rings is 1. The molecule has 106 valence electrons. The molecular formula is C19H15N3. The minimum atomic E-state index is 0.887. The van der Waals surface area contributed by atoms with Crippen molar-refractivity contribution in [2.45, 2.75) is 6.42 Å². The molecule has 3 heteroatoms. The van der Waals surface area contributed by atoms with Gasteiger partial charge < -0.3 is 0 Å². The summed E-state index contributed by atoms with van der Waals surface area (Å²) in [5, 5.41) is 4.47. The molecule has 0 spiro atoms. The van der Waals surface area contributed by atoms with E-state index in [1.165, 1.54) is 5.57 Å². The normalized spacial score (nSPS) is 14.1. The standard InChI is InChI=1S/C19H15N3/c1-2-5-11-16(10-4-1)18-13-21-22-14-17(12-20-19(18)22)15-8-6-3-7-9-15/h1-4,6-14H,5H2. The molecule has 0 atom stereocenters. The fourth-order valence-electron chi connectivity index (χ4n) is 2.64. The van der Waals surface area contributed by atoms with Crippen LogP contribution in [0.25, 0.3) is 22.3 Å². The monoisotopic (exact) mass is 285 g/mol. The number of aromatic nitrogens is 3. The van der Waals surface area contributed by atoms with Crippen LogP contribution < -0.4 is 0 Å². The lowest BCUT2D eigenvalue weighted by Crippen LogP contribution is -1.92. The fraction of sp³-hybridized carbons (Fsp3) is 0.0526. The highest BCUT2D eigenvalue weighted by Gasteiger charge is 2.10. The third-order valence-corrected chi connectivity index (χ3v) is 3.77. The second kappa shape index (κ2) is 5.45. The fourth-order valence-corrected chi connectivity index (χ4v) is 2.64. The van der Waals surface area contributed by atoms with Crippen molar-refractivity contribution >= 4 is 11.2 Å². The molecule has 0 saturated heterocycles. The van der Waals surface area contributed by atoms with Gasteiger partial charge in [-0.15, -0.1) is 0 Å². The Labute approximate surface area is 128 Å². The minimum absolute atomic E-state index is 0.887. The van der Waals surface area contributed by atoms with Crippen LogP contribution in [-0.2, 0) is 0 Å². The van der Waals surface area contributed by atoms with Crippen molar-refractivity contribution in [3.8, 4) is 11.1 Å². The summed E-state index contributed by atoms with van der Waals surface area (Å²) in [5.41, 5.74) is 5.33. The van der Waals surface area contributed by atoms with Crippen LogP contribution in [0.3, 0.4) is 0 Å². The molecule has 0 N–H and O–H groups in total. The molecule has 0 bridgehead atoms. The van der Waals surface area contributed by atoms with Crippen LogP contribution in [0.4, 0.5) is 0 Å². The first-order valence-electron chi connectivity index (χ1n) is 7.34. The number of nitrogens with zero attached hydrogens (tertiary/aromatic N) is 3. The first-order chi connectivity index (χ1) is 10.9. The highest BCUT2D eigenvalue weighted by atomic mass is 15.2. The molecule has 0 fully saturated rings. The average molecular weight is 285 g/mol. The van der Waals surface area contributed by atoms with E-state index in [-0.39, 0.29) is 0 Å². The Hall–Kier alpha value is -2.94. The summed E-state index contributed by atoms with van der Waals surface area (Å²) in [6.07, 6.45) is 17.3. The van der Waals surface area contributed by atoms with E-state index >= 15 is 0 Å². The quantitative estimate of drug-likeness (QED) is 0.703. The molecule has 0 saturated carbocycles. The van der Waals surface area contributed by atoms with Crippen LogP contribution in [0, 0.1) is 0 Å². The number of rotatable bonds is 2. The Bertz CT molecular complexity index is 899. The van der Waals surface area contributed by atoms with E-state index in [0.717, 1.165) is 28.8 Å². The second-order valence-electron chi connectivity index (χ2n) is 5.22. The molecule has 2 aromatic heterocycles. The van der Waals surface area contributed by atoms with Gasteiger partial charge in [0, 0.05) is 23.5 Å². The lowest BCUT2D eigenvalue weighted by atomic mass is 10.1. The zero-order valence-electron chi connectivity index (χ0n) is 12.1. The van der Waals surface area contributed by atoms with E-state index in [0.29, 0.717) is 0 Å². The SMILES string of the molecule is C1=CCC=C(c2cnn3cc(-c4ccccc4)cnc23)C=C1. The van der Waals surface area contributed by atoms with Gasteiger partial charge in [-0.3, -0.25) is 0 Å². The van der Waals surface area contributed by atoms with Crippen LogP contribution in [0.15, 0.2) is 79.3 Å². The predicted molar refractivity (Wildman–Crippen MR) is 89.3 cm³/mol. The Morgan fingerprint density at radius 2 is 1.86 bits per heavy atom. The van der Waals surface area contributed by atoms with Crippen molar-refractivity contribution in [3.05, 3.63) is 84.9 Å². The van der Waals surface area contributed by atoms with Gasteiger partial charge in [0.25, 0.3) is 0 Å². The minimum Gasteiger partial charge on any atom is -0.236 e. The summed E-state index contributed by atoms with van der Waals surface area (Å²) >= 11 is 0. The summed E-state index contributed by atoms with van der Waals surface area (Å²) in [6.45, 7) is 0. The molecule has 1 aliphatic carbocycles. The van der Waals surface area contributed by atoms with Gasteiger partial charge in [-0.25, -0.2) is 9.50 Å². The van der Waals surface area contributed by atoms with Crippen molar-refractivity contribution in [2.24, 2.45) is 0 Å². The molecule has 0 radical (unpaired) electrons. The molecule has 22 heavy (non-hydrogen) atoms. The van der Waals surface area contributed by atoms with Crippen LogP contribution >= 0.6 is 0 Å². The largest absolute Gasteiger partial charge is 0.236 e. The van der Waals surface area contributed by atoms with Crippen molar-refractivity contribution < 1.29 is 0 Å². The maximum Gasteiger partial charge on any atom is 0.162 e. The van der Waals surface area contributed by atoms with Crippen molar-refractivity contribution in [1.29, 1.82) is 0 Å². The maximum absolute atomic E-state index is 4.63. The molecule has 1 aliphatic rings. The van der Waals surface area contributed by atoms with E-state index in [2.05, 4.69) is 52.6 Å². The predicted octanol–water partition coefficient (Wildman–Crippen LogP) is 4.30. The third kappa shape index (κ3) is 2.27. The van der Waals surface area contributed by atoms with Crippen LogP contribution in [0.1, 0.15) is 12.0 Å². The second-order valence-corrected chi connectivity index (χ2v) is 5.22. The molecule has 1 aromatic carbocycles. The van der Waals surface area contributed by atoms with Gasteiger partial charge in [-0.2, -0.15) is 5.10 Å². The summed E-state index contributed by atoms with van der Waals surface area (Å²) in [5.74, 6) is 0. The lowest BCUT2D eigenvalue weighted by molar-refractivity contribution is 0.941. The van der Waals surface area contributed by atoms with Gasteiger partial charge in [0.2, 0.25) is 0 Å². The van der Waals surface area contributed by atoms with Gasteiger partial charge in [0.15, 0.2) is 5.65 Å².